The molecule has 1 amide bonds. The van der Waals surface area contributed by atoms with Crippen molar-refractivity contribution < 1.29 is 23.1 Å². The average molecular weight is 438 g/mol. The van der Waals surface area contributed by atoms with Crippen LogP contribution in [0.3, 0.4) is 0 Å². The van der Waals surface area contributed by atoms with Gasteiger partial charge in [0.05, 0.1) is 22.9 Å². The summed E-state index contributed by atoms with van der Waals surface area (Å²) < 4.78 is 27.2. The predicted octanol–water partition coefficient (Wildman–Crippen LogP) is 5.02. The van der Waals surface area contributed by atoms with Gasteiger partial charge in [-0.3, -0.25) is 9.63 Å². The van der Waals surface area contributed by atoms with E-state index in [9.17, 15) is 13.6 Å². The van der Waals surface area contributed by atoms with Crippen LogP contribution in [0.15, 0.2) is 34.7 Å². The fourth-order valence-corrected chi connectivity index (χ4v) is 3.29. The van der Waals surface area contributed by atoms with Crippen molar-refractivity contribution in [2.45, 2.75) is 19.8 Å². The average Bonchev–Trinajstić information content (AvgIpc) is 2.98. The van der Waals surface area contributed by atoms with E-state index >= 15 is 0 Å². The molecular weight excluding hydrogens is 423 g/mol. The molecule has 0 aliphatic carbocycles. The molecule has 2 rings (SSSR count). The summed E-state index contributed by atoms with van der Waals surface area (Å²) in [5, 5.41) is 5.29. The summed E-state index contributed by atoms with van der Waals surface area (Å²) in [6, 6.07) is 2.99. The monoisotopic (exact) mass is 436 g/mol. The van der Waals surface area contributed by atoms with Crippen molar-refractivity contribution >= 4 is 59.2 Å². The molecule has 27 heavy (non-hydrogen) atoms. The standard InChI is InChI=1S/C17H15Cl3F2N3O2/c1-4-10(7-11-13(19)5-9(18)6-14(11)20)25(27-3)17(26)12-8-24(2)23-15(12)16(21)22/h5-8,16H,2,4H2,1,3H3/q+1/b10-7+. The molecule has 144 valence electrons. The molecule has 0 spiro atoms. The van der Waals surface area contributed by atoms with Crippen LogP contribution < -0.4 is 0 Å². The zero-order valence-electron chi connectivity index (χ0n) is 14.3. The van der Waals surface area contributed by atoms with Crippen molar-refractivity contribution in [2.75, 3.05) is 7.11 Å². The van der Waals surface area contributed by atoms with E-state index in [1.165, 1.54) is 25.3 Å². The van der Waals surface area contributed by atoms with Crippen molar-refractivity contribution in [3.8, 4) is 0 Å². The molecular formula is C17H15Cl3F2N3O2+. The molecule has 0 radical (unpaired) electrons. The highest BCUT2D eigenvalue weighted by Crippen LogP contribution is 2.32. The Kier molecular flexibility index (Phi) is 7.11. The Balaban J connectivity index is 2.46. The van der Waals surface area contributed by atoms with Crippen LogP contribution in [-0.4, -0.2) is 41.6 Å². The first-order valence-corrected chi connectivity index (χ1v) is 8.75. The number of hydrogen-bond donors (Lipinski definition) is 0. The van der Waals surface area contributed by atoms with Gasteiger partial charge >= 0.3 is 0 Å². The third kappa shape index (κ3) is 4.73. The van der Waals surface area contributed by atoms with Crippen molar-refractivity contribution in [1.29, 1.82) is 0 Å². The lowest BCUT2D eigenvalue weighted by molar-refractivity contribution is -0.448. The van der Waals surface area contributed by atoms with Crippen LogP contribution >= 0.6 is 34.8 Å². The highest BCUT2D eigenvalue weighted by Gasteiger charge is 2.37. The van der Waals surface area contributed by atoms with Crippen molar-refractivity contribution in [3.63, 3.8) is 0 Å². The molecule has 0 saturated heterocycles. The SMILES string of the molecule is C=[N+]1C=C(C(=O)N(OC)/C(=C/c2c(Cl)cc(Cl)cc2Cl)CC)C(C(F)F)=N1. The van der Waals surface area contributed by atoms with Gasteiger partial charge in [-0.05, 0) is 24.6 Å². The Labute approximate surface area is 169 Å². The molecule has 1 aliphatic heterocycles. The smallest absolute Gasteiger partial charge is 0.269 e. The van der Waals surface area contributed by atoms with Crippen LogP contribution in [0.25, 0.3) is 6.08 Å². The second-order valence-electron chi connectivity index (χ2n) is 5.32. The van der Waals surface area contributed by atoms with Gasteiger partial charge in [-0.1, -0.05) is 46.4 Å². The van der Waals surface area contributed by atoms with Gasteiger partial charge in [-0.2, -0.15) is 5.06 Å². The molecule has 1 heterocycles. The highest BCUT2D eigenvalue weighted by molar-refractivity contribution is 6.40. The van der Waals surface area contributed by atoms with Crippen molar-refractivity contribution in [1.82, 2.24) is 5.06 Å². The Hall–Kier alpha value is -1.80. The molecule has 10 heteroatoms. The van der Waals surface area contributed by atoms with Crippen molar-refractivity contribution in [2.24, 2.45) is 5.10 Å². The molecule has 0 bridgehead atoms. The lowest BCUT2D eigenvalue weighted by atomic mass is 10.1. The van der Waals surface area contributed by atoms with E-state index in [1.54, 1.807) is 6.92 Å². The fraction of sp³-hybridized carbons (Fsp3) is 0.235. The summed E-state index contributed by atoms with van der Waals surface area (Å²) in [6.07, 6.45) is 0.00169. The number of hydrogen-bond acceptors (Lipinski definition) is 3. The van der Waals surface area contributed by atoms with E-state index in [0.29, 0.717) is 22.7 Å². The maximum absolute atomic E-state index is 13.2. The predicted molar refractivity (Wildman–Crippen MR) is 102 cm³/mol. The van der Waals surface area contributed by atoms with Gasteiger partial charge in [0, 0.05) is 15.7 Å². The van der Waals surface area contributed by atoms with Gasteiger partial charge < -0.3 is 0 Å². The maximum Gasteiger partial charge on any atom is 0.290 e. The molecule has 1 aromatic rings. The first kappa shape index (κ1) is 21.5. The molecule has 1 aliphatic rings. The number of alkyl halides is 2. The first-order valence-electron chi connectivity index (χ1n) is 7.61. The molecule has 0 aromatic heterocycles. The molecule has 0 unspecified atom stereocenters. The van der Waals surface area contributed by atoms with Gasteiger partial charge in [0.15, 0.2) is 12.4 Å². The zero-order valence-corrected chi connectivity index (χ0v) is 16.6. The number of hydrazone groups is 1. The summed E-state index contributed by atoms with van der Waals surface area (Å²) in [4.78, 5) is 17.9. The minimum Gasteiger partial charge on any atom is -0.269 e. The lowest BCUT2D eigenvalue weighted by Gasteiger charge is -2.22. The number of carbonyl (C=O) groups is 1. The largest absolute Gasteiger partial charge is 0.290 e. The number of nitrogens with zero attached hydrogens (tertiary/aromatic N) is 3. The number of allylic oxidation sites excluding steroid dienone is 1. The minimum absolute atomic E-state index is 0.265. The van der Waals surface area contributed by atoms with E-state index in [-0.39, 0.29) is 15.6 Å². The van der Waals surface area contributed by atoms with Crippen LogP contribution in [0.5, 0.6) is 0 Å². The van der Waals surface area contributed by atoms with Crippen LogP contribution in [0, 0.1) is 0 Å². The van der Waals surface area contributed by atoms with Crippen LogP contribution in [0.1, 0.15) is 18.9 Å². The van der Waals surface area contributed by atoms with E-state index < -0.39 is 18.0 Å². The van der Waals surface area contributed by atoms with Gasteiger partial charge in [0.2, 0.25) is 6.20 Å². The number of hydroxylamine groups is 2. The quantitative estimate of drug-likeness (QED) is 0.463. The van der Waals surface area contributed by atoms with E-state index in [1.807, 2.05) is 0 Å². The molecule has 5 nitrogen and oxygen atoms in total. The first-order chi connectivity index (χ1) is 12.7. The molecule has 0 N–H and O–H groups in total. The number of rotatable bonds is 6. The Bertz CT molecular complexity index is 859. The van der Waals surface area contributed by atoms with E-state index in [4.69, 9.17) is 39.6 Å². The summed E-state index contributed by atoms with van der Waals surface area (Å²) in [6.45, 7) is 5.17. The third-order valence-corrected chi connectivity index (χ3v) is 4.42. The van der Waals surface area contributed by atoms with Crippen LogP contribution in [-0.2, 0) is 9.63 Å². The van der Waals surface area contributed by atoms with Crippen LogP contribution in [0.2, 0.25) is 15.1 Å². The topological polar surface area (TPSA) is 44.9 Å². The molecule has 0 fully saturated rings. The molecule has 1 aromatic carbocycles. The van der Waals surface area contributed by atoms with Crippen LogP contribution in [0.4, 0.5) is 8.78 Å². The number of carbonyl (C=O) groups excluding carboxylic acids is 1. The van der Waals surface area contributed by atoms with Gasteiger partial charge in [-0.15, -0.1) is 0 Å². The maximum atomic E-state index is 13.2. The minimum atomic E-state index is -2.94. The normalized spacial score (nSPS) is 14.5. The van der Waals surface area contributed by atoms with E-state index in [2.05, 4.69) is 11.8 Å². The third-order valence-electron chi connectivity index (χ3n) is 3.57. The van der Waals surface area contributed by atoms with Crippen molar-refractivity contribution in [3.05, 3.63) is 50.2 Å². The van der Waals surface area contributed by atoms with Gasteiger partial charge in [-0.25, -0.2) is 8.78 Å². The fourth-order valence-electron chi connectivity index (χ4n) is 2.36. The Morgan fingerprint density at radius 2 is 1.96 bits per heavy atom. The Morgan fingerprint density at radius 1 is 1.37 bits per heavy atom. The summed E-state index contributed by atoms with van der Waals surface area (Å²) in [5.41, 5.74) is -0.258. The van der Waals surface area contributed by atoms with Gasteiger partial charge in [0.25, 0.3) is 12.3 Å². The number of halogens is 5. The molecule has 0 atom stereocenters. The zero-order chi connectivity index (χ0) is 20.3. The van der Waals surface area contributed by atoms with Gasteiger partial charge in [0.1, 0.15) is 5.57 Å². The highest BCUT2D eigenvalue weighted by atomic mass is 35.5. The van der Waals surface area contributed by atoms with E-state index in [0.717, 1.165) is 15.9 Å². The number of amides is 1. The molecule has 0 saturated carbocycles. The second-order valence-corrected chi connectivity index (χ2v) is 6.57. The summed E-state index contributed by atoms with van der Waals surface area (Å²) >= 11 is 18.2. The summed E-state index contributed by atoms with van der Waals surface area (Å²) in [5.74, 6) is -0.822. The second kappa shape index (κ2) is 8.93. The lowest BCUT2D eigenvalue weighted by Crippen LogP contribution is -2.33. The summed E-state index contributed by atoms with van der Waals surface area (Å²) in [7, 11) is 1.24. The Morgan fingerprint density at radius 3 is 2.44 bits per heavy atom. The number of benzene rings is 1.